The Morgan fingerprint density at radius 1 is 1.45 bits per heavy atom. The van der Waals surface area contributed by atoms with Crippen molar-refractivity contribution in [1.82, 2.24) is 10.2 Å². The zero-order chi connectivity index (χ0) is 15.6. The molecule has 1 rings (SSSR count). The second-order valence-electron chi connectivity index (χ2n) is 5.36. The van der Waals surface area contributed by atoms with Gasteiger partial charge in [-0.05, 0) is 19.8 Å². The van der Waals surface area contributed by atoms with Crippen LogP contribution in [-0.4, -0.2) is 49.7 Å². The minimum atomic E-state index is -3.46. The van der Waals surface area contributed by atoms with Crippen LogP contribution in [0.25, 0.3) is 0 Å². The lowest BCUT2D eigenvalue weighted by atomic mass is 10.1. The van der Waals surface area contributed by atoms with Crippen LogP contribution in [0.15, 0.2) is 0 Å². The molecule has 1 fully saturated rings. The second-order valence-corrected chi connectivity index (χ2v) is 7.55. The van der Waals surface area contributed by atoms with Gasteiger partial charge in [0.1, 0.15) is 15.9 Å². The Morgan fingerprint density at radius 3 is 2.35 bits per heavy atom. The molecule has 0 aromatic carbocycles. The maximum atomic E-state index is 12.1. The summed E-state index contributed by atoms with van der Waals surface area (Å²) in [6.07, 6.45) is 4.10. The molecule has 1 aliphatic rings. The van der Waals surface area contributed by atoms with Crippen molar-refractivity contribution in [2.45, 2.75) is 32.7 Å². The smallest absolute Gasteiger partial charge is 0.259 e. The fourth-order valence-electron chi connectivity index (χ4n) is 1.69. The maximum Gasteiger partial charge on any atom is 0.259 e. The van der Waals surface area contributed by atoms with Crippen molar-refractivity contribution in [2.75, 3.05) is 18.6 Å². The number of carbonyl (C=O) groups is 2. The zero-order valence-corrected chi connectivity index (χ0v) is 12.7. The quantitative estimate of drug-likeness (QED) is 0.533. The molecular formula is C12H19N3O4S. The van der Waals surface area contributed by atoms with Crippen molar-refractivity contribution in [3.8, 4) is 6.19 Å². The minimum Gasteiger partial charge on any atom is -0.343 e. The van der Waals surface area contributed by atoms with Gasteiger partial charge in [0.05, 0.1) is 5.75 Å². The number of nitrogens with one attached hydrogen (secondary N) is 1. The van der Waals surface area contributed by atoms with Gasteiger partial charge in [0.25, 0.3) is 5.91 Å². The number of hydrogen-bond donors (Lipinski definition) is 1. The van der Waals surface area contributed by atoms with Crippen molar-refractivity contribution in [2.24, 2.45) is 5.41 Å². The van der Waals surface area contributed by atoms with E-state index in [1.165, 1.54) is 0 Å². The molecule has 0 saturated heterocycles. The summed E-state index contributed by atoms with van der Waals surface area (Å²) in [5, 5.41) is 11.3. The Morgan fingerprint density at radius 2 is 2.00 bits per heavy atom. The summed E-state index contributed by atoms with van der Waals surface area (Å²) in [5.74, 6) is -1.54. The van der Waals surface area contributed by atoms with Crippen LogP contribution in [0, 0.1) is 16.9 Å². The van der Waals surface area contributed by atoms with E-state index in [-0.39, 0.29) is 12.5 Å². The fraction of sp³-hybridized carbons (Fsp3) is 0.750. The summed E-state index contributed by atoms with van der Waals surface area (Å²) in [5.41, 5.74) is -0.514. The van der Waals surface area contributed by atoms with Crippen molar-refractivity contribution >= 4 is 21.7 Å². The van der Waals surface area contributed by atoms with E-state index in [2.05, 4.69) is 5.32 Å². The van der Waals surface area contributed by atoms with Crippen molar-refractivity contribution < 1.29 is 18.0 Å². The van der Waals surface area contributed by atoms with Gasteiger partial charge in [-0.3, -0.25) is 9.59 Å². The van der Waals surface area contributed by atoms with Crippen LogP contribution in [-0.2, 0) is 19.4 Å². The first-order valence-electron chi connectivity index (χ1n) is 6.33. The van der Waals surface area contributed by atoms with Crippen LogP contribution in [0.1, 0.15) is 26.7 Å². The molecule has 1 atom stereocenters. The SMILES string of the molecule is CCN(C#N)C(=O)C(CS(C)(=O)=O)NC(=O)C1(C)CC1. The molecule has 7 nitrogen and oxygen atoms in total. The second kappa shape index (κ2) is 5.79. The molecule has 20 heavy (non-hydrogen) atoms. The van der Waals surface area contributed by atoms with E-state index in [0.717, 1.165) is 11.2 Å². The first-order chi connectivity index (χ1) is 9.13. The van der Waals surface area contributed by atoms with Crippen molar-refractivity contribution in [1.29, 1.82) is 5.26 Å². The molecular weight excluding hydrogens is 282 g/mol. The summed E-state index contributed by atoms with van der Waals surface area (Å²) >= 11 is 0. The van der Waals surface area contributed by atoms with Gasteiger partial charge in [-0.25, -0.2) is 13.3 Å². The van der Waals surface area contributed by atoms with Crippen LogP contribution >= 0.6 is 0 Å². The van der Waals surface area contributed by atoms with E-state index < -0.39 is 33.0 Å². The summed E-state index contributed by atoms with van der Waals surface area (Å²) in [6.45, 7) is 3.48. The lowest BCUT2D eigenvalue weighted by Crippen LogP contribution is -2.52. The number of amides is 2. The van der Waals surface area contributed by atoms with Crippen LogP contribution in [0.3, 0.4) is 0 Å². The molecule has 112 valence electrons. The molecule has 0 aromatic rings. The average molecular weight is 301 g/mol. The molecule has 8 heteroatoms. The zero-order valence-electron chi connectivity index (χ0n) is 11.8. The predicted octanol–water partition coefficient (Wildman–Crippen LogP) is -0.355. The van der Waals surface area contributed by atoms with Gasteiger partial charge in [0.2, 0.25) is 5.91 Å². The molecule has 1 unspecified atom stereocenters. The largest absolute Gasteiger partial charge is 0.343 e. The summed E-state index contributed by atoms with van der Waals surface area (Å²) in [6, 6.07) is -1.21. The number of hydrogen-bond acceptors (Lipinski definition) is 5. The van der Waals surface area contributed by atoms with E-state index in [1.807, 2.05) is 0 Å². The molecule has 2 amide bonds. The highest BCUT2D eigenvalue weighted by Crippen LogP contribution is 2.45. The lowest BCUT2D eigenvalue weighted by molar-refractivity contribution is -0.134. The molecule has 0 aromatic heterocycles. The van der Waals surface area contributed by atoms with Gasteiger partial charge in [-0.2, -0.15) is 5.26 Å². The number of rotatable bonds is 6. The van der Waals surface area contributed by atoms with Crippen molar-refractivity contribution in [3.05, 3.63) is 0 Å². The Hall–Kier alpha value is -1.62. The maximum absolute atomic E-state index is 12.1. The highest BCUT2D eigenvalue weighted by atomic mass is 32.2. The summed E-state index contributed by atoms with van der Waals surface area (Å²) < 4.78 is 22.8. The third kappa shape index (κ3) is 4.20. The number of sulfone groups is 1. The topological polar surface area (TPSA) is 107 Å². The van der Waals surface area contributed by atoms with Gasteiger partial charge in [0.15, 0.2) is 6.19 Å². The molecule has 0 spiro atoms. The van der Waals surface area contributed by atoms with E-state index in [1.54, 1.807) is 20.0 Å². The highest BCUT2D eigenvalue weighted by Gasteiger charge is 2.46. The number of nitrogens with zero attached hydrogens (tertiary/aromatic N) is 2. The van der Waals surface area contributed by atoms with E-state index in [0.29, 0.717) is 12.8 Å². The van der Waals surface area contributed by atoms with Gasteiger partial charge in [0, 0.05) is 18.2 Å². The number of carbonyl (C=O) groups excluding carboxylic acids is 2. The van der Waals surface area contributed by atoms with Crippen LogP contribution in [0.5, 0.6) is 0 Å². The molecule has 1 N–H and O–H groups in total. The Balaban J connectivity index is 2.88. The van der Waals surface area contributed by atoms with Gasteiger partial charge in [-0.1, -0.05) is 6.92 Å². The third-order valence-electron chi connectivity index (χ3n) is 3.32. The van der Waals surface area contributed by atoms with Crippen molar-refractivity contribution in [3.63, 3.8) is 0 Å². The molecule has 0 radical (unpaired) electrons. The highest BCUT2D eigenvalue weighted by molar-refractivity contribution is 7.90. The lowest BCUT2D eigenvalue weighted by Gasteiger charge is -2.22. The molecule has 1 aliphatic carbocycles. The van der Waals surface area contributed by atoms with Gasteiger partial charge >= 0.3 is 0 Å². The van der Waals surface area contributed by atoms with E-state index >= 15 is 0 Å². The van der Waals surface area contributed by atoms with Crippen LogP contribution in [0.4, 0.5) is 0 Å². The fourth-order valence-corrected chi connectivity index (χ4v) is 2.52. The first kappa shape index (κ1) is 16.4. The van der Waals surface area contributed by atoms with Crippen LogP contribution in [0.2, 0.25) is 0 Å². The summed E-state index contributed by atoms with van der Waals surface area (Å²) in [7, 11) is -3.46. The summed E-state index contributed by atoms with van der Waals surface area (Å²) in [4.78, 5) is 24.9. The van der Waals surface area contributed by atoms with Crippen LogP contribution < -0.4 is 5.32 Å². The first-order valence-corrected chi connectivity index (χ1v) is 8.39. The molecule has 1 saturated carbocycles. The van der Waals surface area contributed by atoms with Gasteiger partial charge in [-0.15, -0.1) is 0 Å². The number of nitriles is 1. The van der Waals surface area contributed by atoms with Gasteiger partial charge < -0.3 is 5.32 Å². The molecule has 0 bridgehead atoms. The Labute approximate surface area is 118 Å². The standard InChI is InChI=1S/C12H19N3O4S/c1-4-15(8-13)10(16)9(7-20(3,18)19)14-11(17)12(2)5-6-12/h9H,4-7H2,1-3H3,(H,14,17). The molecule has 0 heterocycles. The normalized spacial score (nSPS) is 17.7. The average Bonchev–Trinajstić information content (AvgIpc) is 3.07. The van der Waals surface area contributed by atoms with E-state index in [9.17, 15) is 18.0 Å². The molecule has 0 aliphatic heterocycles. The number of likely N-dealkylation sites (N-methyl/N-ethyl adjacent to an activating group) is 1. The Kier molecular flexibility index (Phi) is 4.76. The van der Waals surface area contributed by atoms with E-state index in [4.69, 9.17) is 5.26 Å². The third-order valence-corrected chi connectivity index (χ3v) is 4.26. The predicted molar refractivity (Wildman–Crippen MR) is 72.0 cm³/mol. The minimum absolute atomic E-state index is 0.128. The Bertz CT molecular complexity index is 546. The monoisotopic (exact) mass is 301 g/mol.